The second-order valence-corrected chi connectivity index (χ2v) is 5.05. The summed E-state index contributed by atoms with van der Waals surface area (Å²) in [5.74, 6) is 2.16. The summed E-state index contributed by atoms with van der Waals surface area (Å²) in [5.41, 5.74) is 0. The summed E-state index contributed by atoms with van der Waals surface area (Å²) in [6.45, 7) is 2.22. The number of hydrogen-bond donors (Lipinski definition) is 1. The molecule has 0 radical (unpaired) electrons. The molecule has 0 aromatic heterocycles. The fraction of sp³-hybridized carbons (Fsp3) is 0.909. The summed E-state index contributed by atoms with van der Waals surface area (Å²) in [5, 5.41) is 12.2. The summed E-state index contributed by atoms with van der Waals surface area (Å²) in [4.78, 5) is 0. The van der Waals surface area contributed by atoms with Crippen LogP contribution in [0, 0.1) is 11.3 Å². The number of nitriles is 1. The zero-order valence-electron chi connectivity index (χ0n) is 8.96. The Morgan fingerprint density at radius 2 is 2.29 bits per heavy atom. The van der Waals surface area contributed by atoms with Crippen LogP contribution < -0.4 is 5.32 Å². The van der Waals surface area contributed by atoms with Gasteiger partial charge in [0.15, 0.2) is 0 Å². The lowest BCUT2D eigenvalue weighted by molar-refractivity contribution is 0.644. The van der Waals surface area contributed by atoms with Gasteiger partial charge in [-0.2, -0.15) is 17.0 Å². The molecule has 0 aliphatic heterocycles. The van der Waals surface area contributed by atoms with E-state index in [0.29, 0.717) is 6.04 Å². The molecule has 2 nitrogen and oxygen atoms in total. The van der Waals surface area contributed by atoms with E-state index >= 15 is 0 Å². The molecule has 1 rings (SSSR count). The molecular formula is C11H20N2S. The van der Waals surface area contributed by atoms with E-state index in [1.807, 2.05) is 11.8 Å². The summed E-state index contributed by atoms with van der Waals surface area (Å²) < 4.78 is 0. The van der Waals surface area contributed by atoms with Crippen LogP contribution in [-0.4, -0.2) is 23.6 Å². The molecule has 1 saturated carbocycles. The van der Waals surface area contributed by atoms with Crippen LogP contribution in [0.3, 0.4) is 0 Å². The molecular weight excluding hydrogens is 192 g/mol. The van der Waals surface area contributed by atoms with E-state index in [4.69, 9.17) is 5.26 Å². The Balaban J connectivity index is 1.94. The van der Waals surface area contributed by atoms with Crippen LogP contribution in [-0.2, 0) is 0 Å². The second kappa shape index (κ2) is 7.14. The third-order valence-corrected chi connectivity index (χ3v) is 3.49. The van der Waals surface area contributed by atoms with E-state index in [2.05, 4.69) is 18.3 Å². The predicted octanol–water partition coefficient (Wildman–Crippen LogP) is 2.55. The van der Waals surface area contributed by atoms with Gasteiger partial charge in [-0.15, -0.1) is 0 Å². The van der Waals surface area contributed by atoms with E-state index < -0.39 is 0 Å². The maximum atomic E-state index is 8.88. The van der Waals surface area contributed by atoms with Gasteiger partial charge in [-0.25, -0.2) is 0 Å². The van der Waals surface area contributed by atoms with Crippen molar-refractivity contribution >= 4 is 11.8 Å². The number of thioether (sulfide) groups is 1. The molecule has 0 aromatic rings. The highest BCUT2D eigenvalue weighted by molar-refractivity contribution is 7.99. The van der Waals surface area contributed by atoms with Crippen molar-refractivity contribution in [3.8, 4) is 6.07 Å². The van der Waals surface area contributed by atoms with Crippen molar-refractivity contribution < 1.29 is 0 Å². The molecule has 3 heteroatoms. The van der Waals surface area contributed by atoms with Crippen LogP contribution in [0.25, 0.3) is 0 Å². The highest BCUT2D eigenvalue weighted by Crippen LogP contribution is 2.20. The van der Waals surface area contributed by atoms with Crippen molar-refractivity contribution in [3.63, 3.8) is 0 Å². The van der Waals surface area contributed by atoms with Crippen LogP contribution in [0.4, 0.5) is 0 Å². The first-order chi connectivity index (χ1) is 6.86. The van der Waals surface area contributed by atoms with Crippen LogP contribution in [0.5, 0.6) is 0 Å². The largest absolute Gasteiger partial charge is 0.298 e. The van der Waals surface area contributed by atoms with Crippen LogP contribution in [0.1, 0.15) is 39.0 Å². The van der Waals surface area contributed by atoms with Crippen molar-refractivity contribution in [3.05, 3.63) is 0 Å². The van der Waals surface area contributed by atoms with Crippen LogP contribution in [0.2, 0.25) is 0 Å². The minimum atomic E-state index is 0.0779. The van der Waals surface area contributed by atoms with Gasteiger partial charge in [0.2, 0.25) is 0 Å². The summed E-state index contributed by atoms with van der Waals surface area (Å²) in [6, 6.07) is 3.06. The van der Waals surface area contributed by atoms with Gasteiger partial charge >= 0.3 is 0 Å². The molecule has 80 valence electrons. The van der Waals surface area contributed by atoms with Gasteiger partial charge in [-0.1, -0.05) is 19.8 Å². The minimum Gasteiger partial charge on any atom is -0.298 e. The maximum absolute atomic E-state index is 8.88. The van der Waals surface area contributed by atoms with Crippen LogP contribution >= 0.6 is 11.8 Å². The molecule has 1 N–H and O–H groups in total. The Morgan fingerprint density at radius 3 is 2.86 bits per heavy atom. The Bertz CT molecular complexity index is 184. The summed E-state index contributed by atoms with van der Waals surface area (Å²) in [7, 11) is 0. The highest BCUT2D eigenvalue weighted by atomic mass is 32.2. The molecule has 1 unspecified atom stereocenters. The fourth-order valence-corrected chi connectivity index (χ4v) is 2.29. The Labute approximate surface area is 91.4 Å². The van der Waals surface area contributed by atoms with Crippen molar-refractivity contribution in [1.82, 2.24) is 5.32 Å². The normalized spacial score (nSPS) is 17.7. The molecule has 0 heterocycles. The summed E-state index contributed by atoms with van der Waals surface area (Å²) >= 11 is 1.91. The van der Waals surface area contributed by atoms with Crippen molar-refractivity contribution in [2.75, 3.05) is 11.5 Å². The Hall–Kier alpha value is -0.200. The molecule has 1 atom stereocenters. The predicted molar refractivity (Wildman–Crippen MR) is 62.4 cm³/mol. The Morgan fingerprint density at radius 1 is 1.50 bits per heavy atom. The fourth-order valence-electron chi connectivity index (χ4n) is 1.31. The zero-order chi connectivity index (χ0) is 10.2. The lowest BCUT2D eigenvalue weighted by Crippen LogP contribution is -2.31. The van der Waals surface area contributed by atoms with Gasteiger partial charge in [0, 0.05) is 11.8 Å². The minimum absolute atomic E-state index is 0.0779. The van der Waals surface area contributed by atoms with Crippen molar-refractivity contribution in [2.24, 2.45) is 0 Å². The first kappa shape index (κ1) is 11.9. The van der Waals surface area contributed by atoms with Gasteiger partial charge in [0.05, 0.1) is 6.07 Å². The zero-order valence-corrected chi connectivity index (χ0v) is 9.78. The highest BCUT2D eigenvalue weighted by Gasteiger charge is 2.24. The SMILES string of the molecule is CCCCCSCC(C#N)NC1CC1. The van der Waals surface area contributed by atoms with E-state index in [-0.39, 0.29) is 6.04 Å². The van der Waals surface area contributed by atoms with E-state index in [1.165, 1.54) is 37.9 Å². The van der Waals surface area contributed by atoms with Gasteiger partial charge < -0.3 is 0 Å². The average molecular weight is 212 g/mol. The first-order valence-corrected chi connectivity index (χ1v) is 6.75. The molecule has 0 amide bonds. The van der Waals surface area contributed by atoms with E-state index in [1.54, 1.807) is 0 Å². The topological polar surface area (TPSA) is 35.8 Å². The maximum Gasteiger partial charge on any atom is 0.105 e. The molecule has 1 aliphatic rings. The van der Waals surface area contributed by atoms with E-state index in [9.17, 15) is 0 Å². The molecule has 0 spiro atoms. The van der Waals surface area contributed by atoms with E-state index in [0.717, 1.165) is 5.75 Å². The molecule has 1 fully saturated rings. The van der Waals surface area contributed by atoms with Gasteiger partial charge in [-0.3, -0.25) is 5.32 Å². The summed E-state index contributed by atoms with van der Waals surface area (Å²) in [6.07, 6.45) is 6.42. The molecule has 1 aliphatic carbocycles. The van der Waals surface area contributed by atoms with Gasteiger partial charge in [-0.05, 0) is 25.0 Å². The molecule has 0 aromatic carbocycles. The number of nitrogens with zero attached hydrogens (tertiary/aromatic N) is 1. The van der Waals surface area contributed by atoms with Crippen LogP contribution in [0.15, 0.2) is 0 Å². The van der Waals surface area contributed by atoms with Gasteiger partial charge in [0.1, 0.15) is 6.04 Å². The smallest absolute Gasteiger partial charge is 0.105 e. The molecule has 14 heavy (non-hydrogen) atoms. The molecule has 0 saturated heterocycles. The van der Waals surface area contributed by atoms with Crippen molar-refractivity contribution in [1.29, 1.82) is 5.26 Å². The number of unbranched alkanes of at least 4 members (excludes halogenated alkanes) is 2. The van der Waals surface area contributed by atoms with Crippen molar-refractivity contribution in [2.45, 2.75) is 51.1 Å². The third-order valence-electron chi connectivity index (χ3n) is 2.35. The monoisotopic (exact) mass is 212 g/mol. The standard InChI is InChI=1S/C11H20N2S/c1-2-3-4-7-14-9-11(8-12)13-10-5-6-10/h10-11,13H,2-7,9H2,1H3. The van der Waals surface area contributed by atoms with Gasteiger partial charge in [0.25, 0.3) is 0 Å². The number of nitrogens with one attached hydrogen (secondary N) is 1. The third kappa shape index (κ3) is 5.51. The lowest BCUT2D eigenvalue weighted by Gasteiger charge is -2.09. The molecule has 0 bridgehead atoms. The second-order valence-electron chi connectivity index (χ2n) is 3.90. The average Bonchev–Trinajstić information content (AvgIpc) is 2.99. The quantitative estimate of drug-likeness (QED) is 0.628. The lowest BCUT2D eigenvalue weighted by atomic mass is 10.3. The Kier molecular flexibility index (Phi) is 6.05. The number of rotatable bonds is 8. The number of hydrogen-bond acceptors (Lipinski definition) is 3. The first-order valence-electron chi connectivity index (χ1n) is 5.60.